The summed E-state index contributed by atoms with van der Waals surface area (Å²) in [7, 11) is 0. The maximum Gasteiger partial charge on any atom is 0.110 e. The van der Waals surface area contributed by atoms with Gasteiger partial charge in [0.15, 0.2) is 0 Å². The molecule has 1 heterocycles. The normalized spacial score (nSPS) is 14.7. The summed E-state index contributed by atoms with van der Waals surface area (Å²) in [5, 5.41) is 1.81. The third-order valence-electron chi connectivity index (χ3n) is 2.78. The zero-order chi connectivity index (χ0) is 11.3. The van der Waals surface area contributed by atoms with Crippen LogP contribution in [0.4, 0.5) is 0 Å². The van der Waals surface area contributed by atoms with Crippen LogP contribution < -0.4 is 5.73 Å². The SMILES string of the molecule is CC(N)c1nc2c(s1)Cc1cc(Cl)ccc1-2. The number of halogens is 1. The van der Waals surface area contributed by atoms with Crippen molar-refractivity contribution in [3.8, 4) is 11.3 Å². The number of nitrogens with two attached hydrogens (primary N) is 1. The molecular weight excluding hydrogens is 240 g/mol. The molecule has 1 aromatic heterocycles. The number of fused-ring (bicyclic) bond motifs is 3. The molecule has 1 aliphatic rings. The largest absolute Gasteiger partial charge is 0.322 e. The Balaban J connectivity index is 2.13. The van der Waals surface area contributed by atoms with Crippen LogP contribution in [0, 0.1) is 0 Å². The van der Waals surface area contributed by atoms with Gasteiger partial charge in [-0.25, -0.2) is 4.98 Å². The fraction of sp³-hybridized carbons (Fsp3) is 0.250. The smallest absolute Gasteiger partial charge is 0.110 e. The minimum absolute atomic E-state index is 0.0198. The summed E-state index contributed by atoms with van der Waals surface area (Å²) < 4.78 is 0. The second kappa shape index (κ2) is 3.55. The highest BCUT2D eigenvalue weighted by Crippen LogP contribution is 2.41. The molecular formula is C12H11ClN2S. The number of thiazole rings is 1. The van der Waals surface area contributed by atoms with Gasteiger partial charge >= 0.3 is 0 Å². The zero-order valence-electron chi connectivity index (χ0n) is 8.83. The summed E-state index contributed by atoms with van der Waals surface area (Å²) in [5.74, 6) is 0. The van der Waals surface area contributed by atoms with Gasteiger partial charge in [0.05, 0.1) is 11.7 Å². The summed E-state index contributed by atoms with van der Waals surface area (Å²) in [6.45, 7) is 1.97. The van der Waals surface area contributed by atoms with Crippen molar-refractivity contribution in [3.05, 3.63) is 38.7 Å². The molecule has 0 amide bonds. The van der Waals surface area contributed by atoms with Crippen molar-refractivity contribution < 1.29 is 0 Å². The van der Waals surface area contributed by atoms with Crippen LogP contribution in [0.25, 0.3) is 11.3 Å². The summed E-state index contributed by atoms with van der Waals surface area (Å²) in [6.07, 6.45) is 0.940. The molecule has 0 saturated carbocycles. The zero-order valence-corrected chi connectivity index (χ0v) is 10.4. The maximum atomic E-state index is 5.98. The Bertz CT molecular complexity index is 560. The van der Waals surface area contributed by atoms with Crippen molar-refractivity contribution in [1.29, 1.82) is 0 Å². The third-order valence-corrected chi connectivity index (χ3v) is 4.27. The van der Waals surface area contributed by atoms with Gasteiger partial charge in [-0.1, -0.05) is 17.7 Å². The molecule has 1 unspecified atom stereocenters. The van der Waals surface area contributed by atoms with E-state index < -0.39 is 0 Å². The van der Waals surface area contributed by atoms with Gasteiger partial charge in [0, 0.05) is 21.9 Å². The lowest BCUT2D eigenvalue weighted by atomic mass is 10.1. The molecule has 82 valence electrons. The van der Waals surface area contributed by atoms with E-state index in [1.807, 2.05) is 25.1 Å². The minimum Gasteiger partial charge on any atom is -0.322 e. The van der Waals surface area contributed by atoms with E-state index in [0.717, 1.165) is 22.1 Å². The van der Waals surface area contributed by atoms with Gasteiger partial charge in [-0.15, -0.1) is 11.3 Å². The topological polar surface area (TPSA) is 38.9 Å². The average Bonchev–Trinajstić information content (AvgIpc) is 2.73. The maximum absolute atomic E-state index is 5.98. The van der Waals surface area contributed by atoms with E-state index in [2.05, 4.69) is 4.98 Å². The first kappa shape index (κ1) is 10.3. The minimum atomic E-state index is 0.0198. The van der Waals surface area contributed by atoms with E-state index in [4.69, 9.17) is 17.3 Å². The summed E-state index contributed by atoms with van der Waals surface area (Å²) in [4.78, 5) is 5.92. The first-order valence-electron chi connectivity index (χ1n) is 5.19. The molecule has 0 aliphatic heterocycles. The van der Waals surface area contributed by atoms with Crippen molar-refractivity contribution in [2.24, 2.45) is 5.73 Å². The number of aromatic nitrogens is 1. The standard InChI is InChI=1S/C12H11ClN2S/c1-6(14)12-15-11-9-3-2-8(13)4-7(9)5-10(11)16-12/h2-4,6H,5,14H2,1H3. The molecule has 1 aliphatic carbocycles. The Morgan fingerprint density at radius 1 is 1.50 bits per heavy atom. The Morgan fingerprint density at radius 2 is 2.31 bits per heavy atom. The van der Waals surface area contributed by atoms with Crippen molar-refractivity contribution >= 4 is 22.9 Å². The monoisotopic (exact) mass is 250 g/mol. The second-order valence-electron chi connectivity index (χ2n) is 4.09. The highest BCUT2D eigenvalue weighted by Gasteiger charge is 2.24. The number of benzene rings is 1. The average molecular weight is 251 g/mol. The predicted molar refractivity (Wildman–Crippen MR) is 68.0 cm³/mol. The van der Waals surface area contributed by atoms with E-state index in [9.17, 15) is 0 Å². The van der Waals surface area contributed by atoms with Gasteiger partial charge in [-0.05, 0) is 24.6 Å². The van der Waals surface area contributed by atoms with Crippen LogP contribution in [0.3, 0.4) is 0 Å². The van der Waals surface area contributed by atoms with Crippen molar-refractivity contribution in [3.63, 3.8) is 0 Å². The molecule has 0 saturated heterocycles. The lowest BCUT2D eigenvalue weighted by Gasteiger charge is -2.01. The van der Waals surface area contributed by atoms with Gasteiger partial charge in [0.25, 0.3) is 0 Å². The van der Waals surface area contributed by atoms with E-state index in [1.54, 1.807) is 11.3 Å². The lowest BCUT2D eigenvalue weighted by molar-refractivity contribution is 0.808. The molecule has 2 nitrogen and oxygen atoms in total. The van der Waals surface area contributed by atoms with Crippen LogP contribution in [0.15, 0.2) is 18.2 Å². The van der Waals surface area contributed by atoms with Gasteiger partial charge in [-0.2, -0.15) is 0 Å². The molecule has 4 heteroatoms. The van der Waals surface area contributed by atoms with Crippen LogP contribution in [-0.4, -0.2) is 4.98 Å². The highest BCUT2D eigenvalue weighted by atomic mass is 35.5. The Morgan fingerprint density at radius 3 is 3.06 bits per heavy atom. The van der Waals surface area contributed by atoms with E-state index in [0.29, 0.717) is 0 Å². The van der Waals surface area contributed by atoms with Gasteiger partial charge in [-0.3, -0.25) is 0 Å². The number of hydrogen-bond acceptors (Lipinski definition) is 3. The fourth-order valence-electron chi connectivity index (χ4n) is 2.01. The Kier molecular flexibility index (Phi) is 2.28. The highest BCUT2D eigenvalue weighted by molar-refractivity contribution is 7.12. The molecule has 0 radical (unpaired) electrons. The third kappa shape index (κ3) is 1.47. The molecule has 0 bridgehead atoms. The summed E-state index contributed by atoms with van der Waals surface area (Å²) in [5.41, 5.74) is 9.43. The van der Waals surface area contributed by atoms with Crippen molar-refractivity contribution in [2.45, 2.75) is 19.4 Å². The number of rotatable bonds is 1. The van der Waals surface area contributed by atoms with Crippen LogP contribution in [0.1, 0.15) is 28.4 Å². The molecule has 1 atom stereocenters. The first-order valence-corrected chi connectivity index (χ1v) is 6.38. The fourth-order valence-corrected chi connectivity index (χ4v) is 3.26. The number of nitrogens with zero attached hydrogens (tertiary/aromatic N) is 1. The van der Waals surface area contributed by atoms with Crippen molar-refractivity contribution in [2.75, 3.05) is 0 Å². The van der Waals surface area contributed by atoms with Gasteiger partial charge in [0.1, 0.15) is 5.01 Å². The van der Waals surface area contributed by atoms with Crippen molar-refractivity contribution in [1.82, 2.24) is 4.98 Å². The second-order valence-corrected chi connectivity index (χ2v) is 5.64. The molecule has 1 aromatic carbocycles. The lowest BCUT2D eigenvalue weighted by Crippen LogP contribution is -2.04. The predicted octanol–water partition coefficient (Wildman–Crippen LogP) is 3.39. The molecule has 0 spiro atoms. The quantitative estimate of drug-likeness (QED) is 0.719. The molecule has 2 N–H and O–H groups in total. The van der Waals surface area contributed by atoms with Crippen LogP contribution in [-0.2, 0) is 6.42 Å². The van der Waals surface area contributed by atoms with E-state index in [1.165, 1.54) is 16.0 Å². The summed E-state index contributed by atoms with van der Waals surface area (Å²) >= 11 is 7.69. The molecule has 0 fully saturated rings. The van der Waals surface area contributed by atoms with Crippen LogP contribution in [0.2, 0.25) is 5.02 Å². The number of hydrogen-bond donors (Lipinski definition) is 1. The molecule has 3 rings (SSSR count). The summed E-state index contributed by atoms with van der Waals surface area (Å²) in [6, 6.07) is 6.01. The van der Waals surface area contributed by atoms with Gasteiger partial charge < -0.3 is 5.73 Å². The first-order chi connectivity index (χ1) is 7.65. The van der Waals surface area contributed by atoms with Crippen LogP contribution in [0.5, 0.6) is 0 Å². The molecule has 16 heavy (non-hydrogen) atoms. The van der Waals surface area contributed by atoms with E-state index in [-0.39, 0.29) is 6.04 Å². The Labute approximate surface area is 103 Å². The Hall–Kier alpha value is -0.900. The van der Waals surface area contributed by atoms with Gasteiger partial charge in [0.2, 0.25) is 0 Å². The molecule has 2 aromatic rings. The van der Waals surface area contributed by atoms with Crippen LogP contribution >= 0.6 is 22.9 Å². The van der Waals surface area contributed by atoms with E-state index >= 15 is 0 Å².